The third-order valence-corrected chi connectivity index (χ3v) is 8.94. The number of thiophene rings is 1. The number of thioether (sulfide) groups is 1. The van der Waals surface area contributed by atoms with Crippen molar-refractivity contribution in [2.45, 2.75) is 42.7 Å². The van der Waals surface area contributed by atoms with Gasteiger partial charge in [0.1, 0.15) is 0 Å². The number of dihydropyridines is 1. The van der Waals surface area contributed by atoms with Gasteiger partial charge in [0.05, 0.1) is 4.21 Å². The van der Waals surface area contributed by atoms with Gasteiger partial charge in [-0.25, -0.2) is 0 Å². The average molecular weight is 501 g/mol. The first-order valence-corrected chi connectivity index (χ1v) is 13.8. The summed E-state index contributed by atoms with van der Waals surface area (Å²) in [5.74, 6) is -0.309. The molecule has 1 amide bonds. The van der Waals surface area contributed by atoms with Gasteiger partial charge in [-0.2, -0.15) is 0 Å². The van der Waals surface area contributed by atoms with E-state index in [1.807, 2.05) is 55.5 Å². The second-order valence-corrected chi connectivity index (χ2v) is 11.4. The summed E-state index contributed by atoms with van der Waals surface area (Å²) in [7, 11) is 0. The highest BCUT2D eigenvalue weighted by Gasteiger charge is 2.42. The van der Waals surface area contributed by atoms with Crippen LogP contribution in [0.15, 0.2) is 93.5 Å². The van der Waals surface area contributed by atoms with E-state index >= 15 is 0 Å². The van der Waals surface area contributed by atoms with Crippen LogP contribution in [0.5, 0.6) is 0 Å². The number of amides is 1. The van der Waals surface area contributed by atoms with E-state index in [1.165, 1.54) is 10.4 Å². The molecule has 0 spiro atoms. The fraction of sp³-hybridized carbons (Fsp3) is 0.241. The summed E-state index contributed by atoms with van der Waals surface area (Å²) in [6, 6.07) is 21.9. The van der Waals surface area contributed by atoms with E-state index in [9.17, 15) is 9.59 Å². The number of carbonyl (C=O) groups excluding carboxylic acids is 2. The predicted molar refractivity (Wildman–Crippen MR) is 145 cm³/mol. The van der Waals surface area contributed by atoms with E-state index in [0.29, 0.717) is 12.0 Å². The number of para-hydroxylation sites is 1. The summed E-state index contributed by atoms with van der Waals surface area (Å²) in [4.78, 5) is 28.6. The highest BCUT2D eigenvalue weighted by atomic mass is 32.2. The third-order valence-electron chi connectivity index (χ3n) is 6.72. The van der Waals surface area contributed by atoms with E-state index in [4.69, 9.17) is 0 Å². The van der Waals surface area contributed by atoms with Gasteiger partial charge >= 0.3 is 0 Å². The molecule has 1 aliphatic heterocycles. The average Bonchev–Trinajstić information content (AvgIpc) is 3.24. The number of allylic oxidation sites excluding steroid dienone is 3. The number of hydrogen-bond donors (Lipinski definition) is 2. The van der Waals surface area contributed by atoms with Gasteiger partial charge in [-0.3, -0.25) is 9.59 Å². The number of benzene rings is 2. The number of nitrogens with one attached hydrogen (secondary N) is 2. The molecule has 5 rings (SSSR count). The van der Waals surface area contributed by atoms with Crippen LogP contribution < -0.4 is 10.6 Å². The van der Waals surface area contributed by atoms with Crippen LogP contribution in [-0.4, -0.2) is 17.9 Å². The predicted octanol–water partition coefficient (Wildman–Crippen LogP) is 6.78. The lowest BCUT2D eigenvalue weighted by atomic mass is 9.72. The Morgan fingerprint density at radius 1 is 1.03 bits per heavy atom. The maximum Gasteiger partial charge on any atom is 0.254 e. The molecule has 0 radical (unpaired) electrons. The molecular formula is C29H28N2O2S2. The fourth-order valence-corrected chi connectivity index (χ4v) is 7.12. The largest absolute Gasteiger partial charge is 0.362 e. The summed E-state index contributed by atoms with van der Waals surface area (Å²) in [6.07, 6.45) is 3.26. The summed E-state index contributed by atoms with van der Waals surface area (Å²) in [5.41, 5.74) is 6.09. The zero-order valence-electron chi connectivity index (χ0n) is 20.1. The number of rotatable bonds is 5. The highest BCUT2D eigenvalue weighted by Crippen LogP contribution is 2.49. The smallest absolute Gasteiger partial charge is 0.254 e. The van der Waals surface area contributed by atoms with Gasteiger partial charge in [0.2, 0.25) is 0 Å². The van der Waals surface area contributed by atoms with Gasteiger partial charge in [-0.15, -0.1) is 23.1 Å². The Hall–Kier alpha value is -3.09. The van der Waals surface area contributed by atoms with Crippen molar-refractivity contribution < 1.29 is 9.59 Å². The van der Waals surface area contributed by atoms with Crippen LogP contribution in [0.4, 0.5) is 5.69 Å². The van der Waals surface area contributed by atoms with Gasteiger partial charge in [0.15, 0.2) is 5.78 Å². The molecule has 178 valence electrons. The van der Waals surface area contributed by atoms with E-state index in [1.54, 1.807) is 23.1 Å². The molecular weight excluding hydrogens is 472 g/mol. The summed E-state index contributed by atoms with van der Waals surface area (Å²) >= 11 is 3.40. The van der Waals surface area contributed by atoms with Crippen molar-refractivity contribution in [1.29, 1.82) is 0 Å². The SMILES string of the molecule is CSc1sc(C)cc1C1C(C(=O)Nc2ccccc2)=C(C)NC2=C1C(=O)CC(c1ccccc1)C2. The summed E-state index contributed by atoms with van der Waals surface area (Å²) in [5, 5.41) is 6.54. The van der Waals surface area contributed by atoms with Crippen LogP contribution in [0.3, 0.4) is 0 Å². The van der Waals surface area contributed by atoms with Crippen LogP contribution in [0.2, 0.25) is 0 Å². The van der Waals surface area contributed by atoms with Gasteiger partial charge in [-0.1, -0.05) is 48.5 Å². The summed E-state index contributed by atoms with van der Waals surface area (Å²) < 4.78 is 1.15. The lowest BCUT2D eigenvalue weighted by Crippen LogP contribution is -2.37. The molecule has 1 aliphatic carbocycles. The van der Waals surface area contributed by atoms with Crippen molar-refractivity contribution in [1.82, 2.24) is 5.32 Å². The molecule has 2 aliphatic rings. The van der Waals surface area contributed by atoms with Gasteiger partial charge in [0.25, 0.3) is 5.91 Å². The molecule has 0 fully saturated rings. The number of carbonyl (C=O) groups is 2. The Morgan fingerprint density at radius 2 is 1.71 bits per heavy atom. The van der Waals surface area contributed by atoms with Crippen LogP contribution >= 0.6 is 23.1 Å². The van der Waals surface area contributed by atoms with Crippen LogP contribution in [0.1, 0.15) is 47.6 Å². The molecule has 2 N–H and O–H groups in total. The molecule has 6 heteroatoms. The van der Waals surface area contributed by atoms with Gasteiger partial charge in [0, 0.05) is 45.4 Å². The minimum Gasteiger partial charge on any atom is -0.362 e. The first-order valence-electron chi connectivity index (χ1n) is 11.8. The Labute approximate surface area is 214 Å². The molecule has 2 aromatic carbocycles. The molecule has 0 saturated heterocycles. The third kappa shape index (κ3) is 4.60. The molecule has 0 saturated carbocycles. The quantitative estimate of drug-likeness (QED) is 0.379. The molecule has 2 unspecified atom stereocenters. The Morgan fingerprint density at radius 3 is 2.40 bits per heavy atom. The maximum atomic E-state index is 13.8. The number of Topliss-reactive ketones (excluding diaryl/α,β-unsaturated/α-hetero) is 1. The Kier molecular flexibility index (Phi) is 6.67. The number of hydrogen-bond acceptors (Lipinski definition) is 5. The molecule has 0 bridgehead atoms. The van der Waals surface area contributed by atoms with Crippen molar-refractivity contribution in [3.8, 4) is 0 Å². The minimum atomic E-state index is -0.383. The molecule has 4 nitrogen and oxygen atoms in total. The van der Waals surface area contributed by atoms with E-state index in [2.05, 4.69) is 42.0 Å². The van der Waals surface area contributed by atoms with E-state index in [-0.39, 0.29) is 23.5 Å². The standard InChI is InChI=1S/C29H28N2O2S2/c1-17-14-22(29(34-3)35-17)26-25(28(33)31-21-12-8-5-9-13-21)18(2)30-23-15-20(16-24(32)27(23)26)19-10-6-4-7-11-19/h4-14,20,26,30H,15-16H2,1-3H3,(H,31,33). The molecule has 2 heterocycles. The minimum absolute atomic E-state index is 0.117. The topological polar surface area (TPSA) is 58.2 Å². The van der Waals surface area contributed by atoms with Crippen molar-refractivity contribution in [3.63, 3.8) is 0 Å². The number of anilines is 1. The molecule has 35 heavy (non-hydrogen) atoms. The van der Waals surface area contributed by atoms with Crippen LogP contribution in [0, 0.1) is 6.92 Å². The first-order chi connectivity index (χ1) is 17.0. The van der Waals surface area contributed by atoms with E-state index in [0.717, 1.165) is 38.8 Å². The normalized spacial score (nSPS) is 19.9. The fourth-order valence-electron chi connectivity index (χ4n) is 5.21. The summed E-state index contributed by atoms with van der Waals surface area (Å²) in [6.45, 7) is 4.03. The number of aryl methyl sites for hydroxylation is 1. The van der Waals surface area contributed by atoms with Crippen LogP contribution in [0.25, 0.3) is 0 Å². The van der Waals surface area contributed by atoms with Crippen molar-refractivity contribution in [3.05, 3.63) is 105 Å². The zero-order valence-corrected chi connectivity index (χ0v) is 21.7. The van der Waals surface area contributed by atoms with Crippen molar-refractivity contribution in [2.24, 2.45) is 0 Å². The lowest BCUT2D eigenvalue weighted by molar-refractivity contribution is -0.116. The monoisotopic (exact) mass is 500 g/mol. The van der Waals surface area contributed by atoms with Crippen LogP contribution in [-0.2, 0) is 9.59 Å². The molecule has 2 atom stereocenters. The number of ketones is 1. The van der Waals surface area contributed by atoms with Gasteiger partial charge in [-0.05, 0) is 61.8 Å². The molecule has 1 aromatic heterocycles. The molecule has 3 aromatic rings. The van der Waals surface area contributed by atoms with Crippen molar-refractivity contribution >= 4 is 40.5 Å². The highest BCUT2D eigenvalue weighted by molar-refractivity contribution is 8.00. The second kappa shape index (κ2) is 9.88. The van der Waals surface area contributed by atoms with Gasteiger partial charge < -0.3 is 10.6 Å². The Balaban J connectivity index is 1.60. The Bertz CT molecular complexity index is 1340. The lowest BCUT2D eigenvalue weighted by Gasteiger charge is -2.37. The zero-order chi connectivity index (χ0) is 24.5. The second-order valence-electron chi connectivity index (χ2n) is 9.05. The van der Waals surface area contributed by atoms with Crippen molar-refractivity contribution in [2.75, 3.05) is 11.6 Å². The maximum absolute atomic E-state index is 13.8. The first kappa shape index (κ1) is 23.6. The van der Waals surface area contributed by atoms with E-state index < -0.39 is 0 Å².